The average molecular weight is 313 g/mol. The number of amides is 1. The van der Waals surface area contributed by atoms with Gasteiger partial charge in [0.1, 0.15) is 0 Å². The molecule has 112 valence electrons. The van der Waals surface area contributed by atoms with Crippen LogP contribution in [0.2, 0.25) is 5.02 Å². The van der Waals surface area contributed by atoms with Crippen LogP contribution in [0.25, 0.3) is 0 Å². The molecule has 0 bridgehead atoms. The van der Waals surface area contributed by atoms with Crippen LogP contribution in [-0.2, 0) is 19.1 Å². The zero-order chi connectivity index (χ0) is 15.6. The number of carbonyl (C=O) groups excluding carboxylic acids is 2. The normalized spacial score (nSPS) is 20.4. The van der Waals surface area contributed by atoms with Crippen LogP contribution in [0.1, 0.15) is 18.5 Å². The van der Waals surface area contributed by atoms with Crippen molar-refractivity contribution in [2.45, 2.75) is 19.1 Å². The van der Waals surface area contributed by atoms with Gasteiger partial charge in [0.15, 0.2) is 6.10 Å². The largest absolute Gasteiger partial charge is 0.480 e. The fourth-order valence-corrected chi connectivity index (χ4v) is 2.47. The molecule has 0 fully saturated rings. The summed E-state index contributed by atoms with van der Waals surface area (Å²) in [4.78, 5) is 33.9. The molecule has 0 saturated heterocycles. The zero-order valence-corrected chi connectivity index (χ0v) is 11.8. The zero-order valence-electron chi connectivity index (χ0n) is 11.1. The number of esters is 1. The minimum Gasteiger partial charge on any atom is -0.480 e. The van der Waals surface area contributed by atoms with Crippen molar-refractivity contribution in [2.24, 2.45) is 0 Å². The predicted octanol–water partition coefficient (Wildman–Crippen LogP) is 0.939. The van der Waals surface area contributed by atoms with E-state index in [4.69, 9.17) is 21.4 Å². The molecule has 2 unspecified atom stereocenters. The third-order valence-corrected chi connectivity index (χ3v) is 3.28. The van der Waals surface area contributed by atoms with E-state index >= 15 is 0 Å². The smallest absolute Gasteiger partial charge is 0.317 e. The summed E-state index contributed by atoms with van der Waals surface area (Å²) in [5.41, 5.74) is 0.949. The molecule has 2 rings (SSSR count). The molecular formula is C13H13ClN2O5. The summed E-state index contributed by atoms with van der Waals surface area (Å²) in [6.45, 7) is 0.768. The molecule has 2 atom stereocenters. The summed E-state index contributed by atoms with van der Waals surface area (Å²) in [7, 11) is 0. The summed E-state index contributed by atoms with van der Waals surface area (Å²) in [5.74, 6) is -2.29. The lowest BCUT2D eigenvalue weighted by atomic mass is 9.94. The van der Waals surface area contributed by atoms with E-state index in [2.05, 4.69) is 10.6 Å². The first-order chi connectivity index (χ1) is 9.90. The van der Waals surface area contributed by atoms with E-state index in [1.807, 2.05) is 0 Å². The Kier molecular flexibility index (Phi) is 4.44. The Bertz CT molecular complexity index is 604. The Labute approximate surface area is 125 Å². The molecular weight excluding hydrogens is 300 g/mol. The minimum absolute atomic E-state index is 0.340. The summed E-state index contributed by atoms with van der Waals surface area (Å²) in [5, 5.41) is 14.4. The molecule has 1 aromatic rings. The van der Waals surface area contributed by atoms with Crippen molar-refractivity contribution in [3.05, 3.63) is 28.8 Å². The maximum atomic E-state index is 12.0. The quantitative estimate of drug-likeness (QED) is 0.715. The molecule has 0 radical (unpaired) electrons. The van der Waals surface area contributed by atoms with E-state index in [1.54, 1.807) is 18.2 Å². The predicted molar refractivity (Wildman–Crippen MR) is 74.0 cm³/mol. The second-order valence-corrected chi connectivity index (χ2v) is 4.88. The standard InChI is InChI=1S/C13H13ClN2O5/c1-6(17)21-12-11(15-5-9(18)19)10-7(14)3-2-4-8(10)16-13(12)20/h2-4,11-12,15H,5H2,1H3,(H,16,20)(H,18,19). The fraction of sp³-hybridized carbons (Fsp3) is 0.308. The van der Waals surface area contributed by atoms with Crippen molar-refractivity contribution in [1.82, 2.24) is 5.32 Å². The first-order valence-corrected chi connectivity index (χ1v) is 6.49. The van der Waals surface area contributed by atoms with Crippen LogP contribution >= 0.6 is 11.6 Å². The monoisotopic (exact) mass is 312 g/mol. The van der Waals surface area contributed by atoms with Crippen LogP contribution in [0.15, 0.2) is 18.2 Å². The maximum Gasteiger partial charge on any atom is 0.317 e. The number of nitrogens with one attached hydrogen (secondary N) is 2. The number of hydrogen-bond donors (Lipinski definition) is 3. The SMILES string of the molecule is CC(=O)OC1C(=O)Nc2cccc(Cl)c2C1NCC(=O)O. The van der Waals surface area contributed by atoms with E-state index in [0.717, 1.165) is 0 Å². The summed E-state index contributed by atoms with van der Waals surface area (Å²) >= 11 is 6.12. The van der Waals surface area contributed by atoms with Crippen LogP contribution in [0.3, 0.4) is 0 Å². The lowest BCUT2D eigenvalue weighted by Crippen LogP contribution is -2.47. The molecule has 1 aromatic carbocycles. The number of rotatable bonds is 4. The molecule has 1 aliphatic rings. The van der Waals surface area contributed by atoms with Gasteiger partial charge in [0.25, 0.3) is 5.91 Å². The Morgan fingerprint density at radius 1 is 1.48 bits per heavy atom. The molecule has 21 heavy (non-hydrogen) atoms. The number of anilines is 1. The molecule has 0 aromatic heterocycles. The van der Waals surface area contributed by atoms with E-state index in [-0.39, 0.29) is 0 Å². The Hall–Kier alpha value is -2.12. The topological polar surface area (TPSA) is 105 Å². The van der Waals surface area contributed by atoms with Gasteiger partial charge >= 0.3 is 11.9 Å². The second kappa shape index (κ2) is 6.11. The summed E-state index contributed by atoms with van der Waals surface area (Å²) in [6, 6.07) is 4.07. The van der Waals surface area contributed by atoms with Crippen LogP contribution in [0, 0.1) is 0 Å². The Balaban J connectivity index is 2.42. The van der Waals surface area contributed by atoms with Gasteiger partial charge in [0, 0.05) is 23.2 Å². The molecule has 1 heterocycles. The van der Waals surface area contributed by atoms with Gasteiger partial charge in [-0.1, -0.05) is 17.7 Å². The Morgan fingerprint density at radius 2 is 2.19 bits per heavy atom. The average Bonchev–Trinajstić information content (AvgIpc) is 2.38. The first-order valence-electron chi connectivity index (χ1n) is 6.12. The van der Waals surface area contributed by atoms with Gasteiger partial charge in [-0.3, -0.25) is 19.7 Å². The number of aliphatic carboxylic acids is 1. The highest BCUT2D eigenvalue weighted by molar-refractivity contribution is 6.32. The molecule has 7 nitrogen and oxygen atoms in total. The third-order valence-electron chi connectivity index (χ3n) is 2.95. The number of halogens is 1. The van der Waals surface area contributed by atoms with Gasteiger partial charge in [-0.15, -0.1) is 0 Å². The number of carboxylic acids is 1. The van der Waals surface area contributed by atoms with E-state index in [1.165, 1.54) is 6.92 Å². The number of ether oxygens (including phenoxy) is 1. The van der Waals surface area contributed by atoms with Crippen LogP contribution in [0.4, 0.5) is 5.69 Å². The highest BCUT2D eigenvalue weighted by atomic mass is 35.5. The molecule has 1 aliphatic heterocycles. The van der Waals surface area contributed by atoms with E-state index in [9.17, 15) is 14.4 Å². The molecule has 0 aliphatic carbocycles. The van der Waals surface area contributed by atoms with Crippen molar-refractivity contribution in [1.29, 1.82) is 0 Å². The van der Waals surface area contributed by atoms with Crippen molar-refractivity contribution in [3.8, 4) is 0 Å². The molecule has 1 amide bonds. The third kappa shape index (κ3) is 3.32. The van der Waals surface area contributed by atoms with Gasteiger partial charge < -0.3 is 15.2 Å². The van der Waals surface area contributed by atoms with Gasteiger partial charge in [-0.25, -0.2) is 0 Å². The van der Waals surface area contributed by atoms with Gasteiger partial charge in [-0.2, -0.15) is 0 Å². The maximum absolute atomic E-state index is 12.0. The molecule has 0 saturated carbocycles. The number of carbonyl (C=O) groups is 3. The Morgan fingerprint density at radius 3 is 2.81 bits per heavy atom. The number of hydrogen-bond acceptors (Lipinski definition) is 5. The van der Waals surface area contributed by atoms with Crippen LogP contribution in [-0.4, -0.2) is 35.6 Å². The van der Waals surface area contributed by atoms with Gasteiger partial charge in [-0.05, 0) is 12.1 Å². The van der Waals surface area contributed by atoms with E-state index < -0.39 is 36.5 Å². The lowest BCUT2D eigenvalue weighted by Gasteiger charge is -2.33. The van der Waals surface area contributed by atoms with Crippen molar-refractivity contribution in [3.63, 3.8) is 0 Å². The molecule has 8 heteroatoms. The van der Waals surface area contributed by atoms with Crippen LogP contribution in [0.5, 0.6) is 0 Å². The number of benzene rings is 1. The number of fused-ring (bicyclic) bond motifs is 1. The van der Waals surface area contributed by atoms with Crippen LogP contribution < -0.4 is 10.6 Å². The minimum atomic E-state index is -1.19. The second-order valence-electron chi connectivity index (χ2n) is 4.47. The van der Waals surface area contributed by atoms with Gasteiger partial charge in [0.05, 0.1) is 12.6 Å². The summed E-state index contributed by atoms with van der Waals surface area (Å²) < 4.78 is 5.00. The van der Waals surface area contributed by atoms with Crippen molar-refractivity contribution >= 4 is 35.1 Å². The van der Waals surface area contributed by atoms with Crippen molar-refractivity contribution < 1.29 is 24.2 Å². The highest BCUT2D eigenvalue weighted by Gasteiger charge is 2.39. The highest BCUT2D eigenvalue weighted by Crippen LogP contribution is 2.37. The number of carboxylic acid groups (broad SMARTS) is 1. The molecule has 3 N–H and O–H groups in total. The lowest BCUT2D eigenvalue weighted by molar-refractivity contribution is -0.154. The van der Waals surface area contributed by atoms with Crippen molar-refractivity contribution in [2.75, 3.05) is 11.9 Å². The fourth-order valence-electron chi connectivity index (χ4n) is 2.18. The van der Waals surface area contributed by atoms with Gasteiger partial charge in [0.2, 0.25) is 0 Å². The first kappa shape index (κ1) is 15.3. The van der Waals surface area contributed by atoms with E-state index in [0.29, 0.717) is 16.3 Å². The summed E-state index contributed by atoms with van der Waals surface area (Å²) in [6.07, 6.45) is -1.19. The molecule has 0 spiro atoms.